The van der Waals surface area contributed by atoms with Gasteiger partial charge in [-0.05, 0) is 35.2 Å². The smallest absolute Gasteiger partial charge is 0.115 e. The van der Waals surface area contributed by atoms with Crippen molar-refractivity contribution >= 4 is 0 Å². The van der Waals surface area contributed by atoms with Crippen LogP contribution in [0.5, 0.6) is 5.75 Å². The maximum absolute atomic E-state index is 11.5. The lowest BCUT2D eigenvalue weighted by Crippen LogP contribution is -2.52. The van der Waals surface area contributed by atoms with Crippen LogP contribution in [0.2, 0.25) is 0 Å². The first-order valence-electron chi connectivity index (χ1n) is 8.89. The number of aromatic hydroxyl groups is 1. The second kappa shape index (κ2) is 8.17. The van der Waals surface area contributed by atoms with Crippen LogP contribution in [0.1, 0.15) is 16.7 Å². The van der Waals surface area contributed by atoms with Crippen molar-refractivity contribution in [3.63, 3.8) is 0 Å². The fourth-order valence-electron chi connectivity index (χ4n) is 3.30. The molecule has 0 unspecified atom stereocenters. The molecule has 3 aromatic rings. The zero-order valence-corrected chi connectivity index (χ0v) is 14.8. The predicted molar refractivity (Wildman–Crippen MR) is 105 cm³/mol. The second-order valence-electron chi connectivity index (χ2n) is 6.91. The molecule has 0 radical (unpaired) electrons. The van der Waals surface area contributed by atoms with Crippen LogP contribution in [0, 0.1) is 0 Å². The highest BCUT2D eigenvalue weighted by atomic mass is 16.3. The average Bonchev–Trinajstić information content (AvgIpc) is 2.65. The van der Waals surface area contributed by atoms with E-state index in [0.717, 1.165) is 16.7 Å². The second-order valence-corrected chi connectivity index (χ2v) is 6.91. The van der Waals surface area contributed by atoms with Crippen molar-refractivity contribution in [3.8, 4) is 5.75 Å². The van der Waals surface area contributed by atoms with Crippen LogP contribution < -0.4 is 5.73 Å². The van der Waals surface area contributed by atoms with Gasteiger partial charge in [-0.15, -0.1) is 0 Å². The van der Waals surface area contributed by atoms with Crippen LogP contribution in [0.3, 0.4) is 0 Å². The molecule has 0 amide bonds. The third-order valence-electron chi connectivity index (χ3n) is 4.79. The molecule has 0 saturated carbocycles. The zero-order chi connectivity index (χ0) is 18.4. The molecule has 0 spiro atoms. The van der Waals surface area contributed by atoms with Crippen LogP contribution in [-0.4, -0.2) is 21.9 Å². The minimum absolute atomic E-state index is 0.228. The normalized spacial score (nSPS) is 12.7. The van der Waals surface area contributed by atoms with Crippen molar-refractivity contribution in [2.24, 2.45) is 5.73 Å². The minimum Gasteiger partial charge on any atom is -0.508 e. The van der Waals surface area contributed by atoms with E-state index in [-0.39, 0.29) is 5.75 Å². The van der Waals surface area contributed by atoms with Gasteiger partial charge in [0.25, 0.3) is 0 Å². The number of rotatable bonds is 7. The number of phenols is 1. The molecule has 0 aliphatic rings. The number of benzene rings is 3. The van der Waals surface area contributed by atoms with Crippen molar-refractivity contribution < 1.29 is 10.2 Å². The van der Waals surface area contributed by atoms with Crippen LogP contribution in [0.4, 0.5) is 0 Å². The van der Waals surface area contributed by atoms with Crippen LogP contribution >= 0.6 is 0 Å². The summed E-state index contributed by atoms with van der Waals surface area (Å²) in [5, 5.41) is 21.0. The standard InChI is InChI=1S/C23H25NO2/c24-22(15-18-11-13-21(25)14-12-18)23(26,16-19-7-3-1-4-8-19)17-20-9-5-2-6-10-20/h1-14,22,25-26H,15-17,24H2/t22-/m0/s1. The maximum atomic E-state index is 11.5. The SMILES string of the molecule is N[C@@H](Cc1ccc(O)cc1)C(O)(Cc1ccccc1)Cc1ccccc1. The van der Waals surface area contributed by atoms with E-state index in [4.69, 9.17) is 5.73 Å². The van der Waals surface area contributed by atoms with E-state index in [1.54, 1.807) is 12.1 Å². The lowest BCUT2D eigenvalue weighted by atomic mass is 9.80. The molecular formula is C23H25NO2. The van der Waals surface area contributed by atoms with Crippen LogP contribution in [-0.2, 0) is 19.3 Å². The number of hydrogen-bond acceptors (Lipinski definition) is 3. The summed E-state index contributed by atoms with van der Waals surface area (Å²) >= 11 is 0. The summed E-state index contributed by atoms with van der Waals surface area (Å²) in [6.45, 7) is 0. The lowest BCUT2D eigenvalue weighted by molar-refractivity contribution is 0.0144. The van der Waals surface area contributed by atoms with Gasteiger partial charge in [-0.3, -0.25) is 0 Å². The lowest BCUT2D eigenvalue weighted by Gasteiger charge is -2.35. The van der Waals surface area contributed by atoms with Gasteiger partial charge in [0, 0.05) is 18.9 Å². The molecule has 0 saturated heterocycles. The van der Waals surface area contributed by atoms with Gasteiger partial charge >= 0.3 is 0 Å². The molecule has 3 rings (SSSR count). The molecule has 0 heterocycles. The van der Waals surface area contributed by atoms with Crippen LogP contribution in [0.25, 0.3) is 0 Å². The van der Waals surface area contributed by atoms with E-state index < -0.39 is 11.6 Å². The Bertz CT molecular complexity index is 759. The van der Waals surface area contributed by atoms with Crippen molar-refractivity contribution in [2.75, 3.05) is 0 Å². The Morgan fingerprint density at radius 3 is 1.62 bits per heavy atom. The number of aliphatic hydroxyl groups is 1. The van der Waals surface area contributed by atoms with Gasteiger partial charge in [-0.2, -0.15) is 0 Å². The van der Waals surface area contributed by atoms with Crippen molar-refractivity contribution in [1.82, 2.24) is 0 Å². The Morgan fingerprint density at radius 1 is 0.692 bits per heavy atom. The van der Waals surface area contributed by atoms with E-state index in [0.29, 0.717) is 19.3 Å². The van der Waals surface area contributed by atoms with Gasteiger partial charge in [0.15, 0.2) is 0 Å². The van der Waals surface area contributed by atoms with Crippen molar-refractivity contribution in [1.29, 1.82) is 0 Å². The van der Waals surface area contributed by atoms with E-state index in [1.807, 2.05) is 72.8 Å². The zero-order valence-electron chi connectivity index (χ0n) is 14.8. The van der Waals surface area contributed by atoms with E-state index in [1.165, 1.54) is 0 Å². The predicted octanol–water partition coefficient (Wildman–Crippen LogP) is 3.48. The van der Waals surface area contributed by atoms with Gasteiger partial charge in [-0.1, -0.05) is 72.8 Å². The molecule has 4 N–H and O–H groups in total. The first kappa shape index (κ1) is 18.2. The minimum atomic E-state index is -1.07. The van der Waals surface area contributed by atoms with E-state index in [9.17, 15) is 10.2 Å². The Balaban J connectivity index is 1.84. The molecule has 0 aromatic heterocycles. The number of nitrogens with two attached hydrogens (primary N) is 1. The van der Waals surface area contributed by atoms with Gasteiger partial charge < -0.3 is 15.9 Å². The summed E-state index contributed by atoms with van der Waals surface area (Å²) < 4.78 is 0. The first-order valence-corrected chi connectivity index (χ1v) is 8.89. The summed E-state index contributed by atoms with van der Waals surface area (Å²) in [5.41, 5.74) is 8.56. The molecule has 0 aliphatic carbocycles. The number of phenolic OH excluding ortho intramolecular Hbond substituents is 1. The summed E-state index contributed by atoms with van der Waals surface area (Å²) in [5.74, 6) is 0.228. The summed E-state index contributed by atoms with van der Waals surface area (Å²) in [7, 11) is 0. The van der Waals surface area contributed by atoms with Crippen molar-refractivity contribution in [3.05, 3.63) is 102 Å². The molecule has 3 heteroatoms. The molecule has 26 heavy (non-hydrogen) atoms. The summed E-state index contributed by atoms with van der Waals surface area (Å²) in [4.78, 5) is 0. The van der Waals surface area contributed by atoms with Gasteiger partial charge in [0.05, 0.1) is 5.60 Å². The summed E-state index contributed by atoms with van der Waals surface area (Å²) in [6, 6.07) is 26.5. The van der Waals surface area contributed by atoms with E-state index >= 15 is 0 Å². The Kier molecular flexibility index (Phi) is 5.71. The quantitative estimate of drug-likeness (QED) is 0.613. The fourth-order valence-corrected chi connectivity index (χ4v) is 3.30. The number of hydrogen-bond donors (Lipinski definition) is 3. The fraction of sp³-hybridized carbons (Fsp3) is 0.217. The Hall–Kier alpha value is -2.62. The highest BCUT2D eigenvalue weighted by Gasteiger charge is 2.34. The molecule has 0 bridgehead atoms. The van der Waals surface area contributed by atoms with E-state index in [2.05, 4.69) is 0 Å². The summed E-state index contributed by atoms with van der Waals surface area (Å²) in [6.07, 6.45) is 1.51. The van der Waals surface area contributed by atoms with Crippen molar-refractivity contribution in [2.45, 2.75) is 30.9 Å². The highest BCUT2D eigenvalue weighted by molar-refractivity contribution is 5.28. The average molecular weight is 347 g/mol. The first-order chi connectivity index (χ1) is 12.5. The molecule has 3 nitrogen and oxygen atoms in total. The molecule has 0 aliphatic heterocycles. The molecule has 3 aromatic carbocycles. The largest absolute Gasteiger partial charge is 0.508 e. The van der Waals surface area contributed by atoms with Crippen LogP contribution in [0.15, 0.2) is 84.9 Å². The van der Waals surface area contributed by atoms with Gasteiger partial charge in [-0.25, -0.2) is 0 Å². The third-order valence-corrected chi connectivity index (χ3v) is 4.79. The highest BCUT2D eigenvalue weighted by Crippen LogP contribution is 2.25. The third kappa shape index (κ3) is 4.72. The molecule has 1 atom stereocenters. The molecule has 0 fully saturated rings. The topological polar surface area (TPSA) is 66.5 Å². The monoisotopic (exact) mass is 347 g/mol. The Morgan fingerprint density at radius 2 is 1.15 bits per heavy atom. The Labute approximate surface area is 154 Å². The van der Waals surface area contributed by atoms with Gasteiger partial charge in [0.2, 0.25) is 0 Å². The van der Waals surface area contributed by atoms with Gasteiger partial charge in [0.1, 0.15) is 5.75 Å². The molecule has 134 valence electrons. The molecular weight excluding hydrogens is 322 g/mol. The maximum Gasteiger partial charge on any atom is 0.115 e.